The molecule has 6 heteroatoms. The van der Waals surface area contributed by atoms with Gasteiger partial charge in [-0.05, 0) is 24.6 Å². The summed E-state index contributed by atoms with van der Waals surface area (Å²) in [6.07, 6.45) is 0. The fraction of sp³-hybridized carbons (Fsp3) is 0.385. The van der Waals surface area contributed by atoms with E-state index in [4.69, 9.17) is 14.9 Å². The first-order valence-corrected chi connectivity index (χ1v) is 6.84. The smallest absolute Gasteiger partial charge is 0.277 e. The molecule has 5 nitrogen and oxygen atoms in total. The van der Waals surface area contributed by atoms with Crippen LogP contribution in [0.2, 0.25) is 0 Å². The van der Waals surface area contributed by atoms with Crippen LogP contribution in [-0.4, -0.2) is 23.3 Å². The lowest BCUT2D eigenvalue weighted by atomic mass is 10.1. The van der Waals surface area contributed by atoms with E-state index in [1.807, 2.05) is 31.2 Å². The molecule has 0 bridgehead atoms. The molecule has 0 spiro atoms. The van der Waals surface area contributed by atoms with Crippen molar-refractivity contribution in [2.24, 2.45) is 5.73 Å². The lowest BCUT2D eigenvalue weighted by Gasteiger charge is -2.19. The number of hydrogen-bond acceptors (Lipinski definition) is 6. The number of ether oxygens (including phenoxy) is 1. The Labute approximate surface area is 116 Å². The summed E-state index contributed by atoms with van der Waals surface area (Å²) in [6.45, 7) is 3.73. The van der Waals surface area contributed by atoms with Gasteiger partial charge in [-0.3, -0.25) is 0 Å². The number of methoxy groups -OCH3 is 1. The van der Waals surface area contributed by atoms with Gasteiger partial charge in [0, 0.05) is 13.0 Å². The monoisotopic (exact) mass is 279 g/mol. The maximum absolute atomic E-state index is 6.05. The van der Waals surface area contributed by atoms with E-state index in [1.165, 1.54) is 11.8 Å². The molecule has 2 aromatic rings. The van der Waals surface area contributed by atoms with Crippen molar-refractivity contribution in [1.29, 1.82) is 0 Å². The van der Waals surface area contributed by atoms with E-state index in [1.54, 1.807) is 14.0 Å². The molecular formula is C13H17N3O2S. The van der Waals surface area contributed by atoms with Crippen molar-refractivity contribution < 1.29 is 9.15 Å². The fourth-order valence-corrected chi connectivity index (χ4v) is 2.69. The van der Waals surface area contributed by atoms with Crippen LogP contribution >= 0.6 is 11.8 Å². The molecule has 0 aliphatic heterocycles. The number of benzene rings is 1. The van der Waals surface area contributed by atoms with E-state index in [9.17, 15) is 0 Å². The number of thioether (sulfide) groups is 1. The third-order valence-electron chi connectivity index (χ3n) is 2.66. The summed E-state index contributed by atoms with van der Waals surface area (Å²) in [5.41, 5.74) is 7.16. The first-order valence-electron chi connectivity index (χ1n) is 5.96. The van der Waals surface area contributed by atoms with Gasteiger partial charge in [-0.1, -0.05) is 23.9 Å². The third kappa shape index (κ3) is 3.48. The minimum absolute atomic E-state index is 0.0365. The molecule has 0 fully saturated rings. The molecule has 102 valence electrons. The third-order valence-corrected chi connectivity index (χ3v) is 3.98. The standard InChI is InChI=1S/C13H17N3O2S/c1-8(14)12(19-13-16-15-9(2)18-13)10-4-6-11(17-3)7-5-10/h4-8,12H,14H2,1-3H3. The second kappa shape index (κ2) is 6.08. The molecule has 0 saturated carbocycles. The molecule has 2 N–H and O–H groups in total. The SMILES string of the molecule is COc1ccc(C(Sc2nnc(C)o2)C(C)N)cc1. The Morgan fingerprint density at radius 3 is 2.42 bits per heavy atom. The molecule has 1 heterocycles. The van der Waals surface area contributed by atoms with Crippen LogP contribution in [0.4, 0.5) is 0 Å². The minimum atomic E-state index is -0.0365. The van der Waals surface area contributed by atoms with Crippen molar-refractivity contribution in [3.63, 3.8) is 0 Å². The molecule has 2 atom stereocenters. The average molecular weight is 279 g/mol. The van der Waals surface area contributed by atoms with Gasteiger partial charge in [0.1, 0.15) is 5.75 Å². The van der Waals surface area contributed by atoms with Crippen molar-refractivity contribution in [2.45, 2.75) is 30.4 Å². The van der Waals surface area contributed by atoms with Gasteiger partial charge >= 0.3 is 0 Å². The maximum Gasteiger partial charge on any atom is 0.277 e. The van der Waals surface area contributed by atoms with E-state index in [0.29, 0.717) is 11.1 Å². The Morgan fingerprint density at radius 2 is 1.95 bits per heavy atom. The molecule has 0 aliphatic rings. The molecule has 0 saturated heterocycles. The van der Waals surface area contributed by atoms with Crippen LogP contribution in [0.3, 0.4) is 0 Å². The van der Waals surface area contributed by atoms with E-state index < -0.39 is 0 Å². The zero-order valence-electron chi connectivity index (χ0n) is 11.2. The van der Waals surface area contributed by atoms with Crippen LogP contribution in [0, 0.1) is 6.92 Å². The lowest BCUT2D eigenvalue weighted by molar-refractivity contribution is 0.414. The quantitative estimate of drug-likeness (QED) is 0.848. The summed E-state index contributed by atoms with van der Waals surface area (Å²) in [6, 6.07) is 7.81. The Morgan fingerprint density at radius 1 is 1.26 bits per heavy atom. The van der Waals surface area contributed by atoms with Crippen LogP contribution in [0.15, 0.2) is 33.9 Å². The number of rotatable bonds is 5. The van der Waals surface area contributed by atoms with Gasteiger partial charge in [-0.2, -0.15) is 0 Å². The number of hydrogen-bond donors (Lipinski definition) is 1. The van der Waals surface area contributed by atoms with E-state index >= 15 is 0 Å². The predicted molar refractivity (Wildman–Crippen MR) is 74.3 cm³/mol. The average Bonchev–Trinajstić information content (AvgIpc) is 2.81. The summed E-state index contributed by atoms with van der Waals surface area (Å²) < 4.78 is 10.5. The molecule has 0 amide bonds. The van der Waals surface area contributed by atoms with Crippen LogP contribution in [-0.2, 0) is 0 Å². The Hall–Kier alpha value is -1.53. The molecule has 2 unspecified atom stereocenters. The minimum Gasteiger partial charge on any atom is -0.497 e. The second-order valence-corrected chi connectivity index (χ2v) is 5.35. The highest BCUT2D eigenvalue weighted by molar-refractivity contribution is 7.99. The summed E-state index contributed by atoms with van der Waals surface area (Å²) in [7, 11) is 1.65. The highest BCUT2D eigenvalue weighted by atomic mass is 32.2. The Bertz CT molecular complexity index is 525. The zero-order chi connectivity index (χ0) is 13.8. The normalized spacial score (nSPS) is 14.1. The van der Waals surface area contributed by atoms with E-state index in [2.05, 4.69) is 10.2 Å². The summed E-state index contributed by atoms with van der Waals surface area (Å²) in [5.74, 6) is 1.38. The maximum atomic E-state index is 6.05. The van der Waals surface area contributed by atoms with Crippen LogP contribution in [0.25, 0.3) is 0 Å². The molecule has 2 rings (SSSR count). The number of aromatic nitrogens is 2. The Kier molecular flexibility index (Phi) is 4.44. The first kappa shape index (κ1) is 13.9. The molecule has 1 aromatic heterocycles. The van der Waals surface area contributed by atoms with Gasteiger partial charge in [0.25, 0.3) is 5.22 Å². The van der Waals surface area contributed by atoms with Crippen molar-refractivity contribution in [3.8, 4) is 5.75 Å². The second-order valence-electron chi connectivity index (χ2n) is 4.26. The molecular weight excluding hydrogens is 262 g/mol. The number of aryl methyl sites for hydroxylation is 1. The van der Waals surface area contributed by atoms with Crippen molar-refractivity contribution in [2.75, 3.05) is 7.11 Å². The summed E-state index contributed by atoms with van der Waals surface area (Å²) in [4.78, 5) is 0. The molecule has 19 heavy (non-hydrogen) atoms. The van der Waals surface area contributed by atoms with Gasteiger partial charge in [0.15, 0.2) is 0 Å². The number of nitrogens with two attached hydrogens (primary N) is 1. The lowest BCUT2D eigenvalue weighted by Crippen LogP contribution is -2.22. The van der Waals surface area contributed by atoms with Crippen molar-refractivity contribution in [1.82, 2.24) is 10.2 Å². The molecule has 1 aromatic carbocycles. The first-order chi connectivity index (χ1) is 9.10. The van der Waals surface area contributed by atoms with Crippen LogP contribution in [0.1, 0.15) is 23.6 Å². The van der Waals surface area contributed by atoms with Crippen LogP contribution < -0.4 is 10.5 Å². The topological polar surface area (TPSA) is 74.2 Å². The summed E-state index contributed by atoms with van der Waals surface area (Å²) in [5, 5.41) is 8.41. The fourth-order valence-electron chi connectivity index (χ4n) is 1.71. The zero-order valence-corrected chi connectivity index (χ0v) is 12.0. The van der Waals surface area contributed by atoms with E-state index in [-0.39, 0.29) is 11.3 Å². The van der Waals surface area contributed by atoms with Gasteiger partial charge in [0.2, 0.25) is 5.89 Å². The van der Waals surface area contributed by atoms with Gasteiger partial charge in [-0.25, -0.2) is 0 Å². The van der Waals surface area contributed by atoms with Gasteiger partial charge in [0.05, 0.1) is 12.4 Å². The van der Waals surface area contributed by atoms with E-state index in [0.717, 1.165) is 11.3 Å². The molecule has 0 aliphatic carbocycles. The highest BCUT2D eigenvalue weighted by Crippen LogP contribution is 2.36. The van der Waals surface area contributed by atoms with Crippen molar-refractivity contribution >= 4 is 11.8 Å². The largest absolute Gasteiger partial charge is 0.497 e. The van der Waals surface area contributed by atoms with Gasteiger partial charge in [-0.15, -0.1) is 10.2 Å². The highest BCUT2D eigenvalue weighted by Gasteiger charge is 2.20. The Balaban J connectivity index is 2.19. The van der Waals surface area contributed by atoms with Crippen molar-refractivity contribution in [3.05, 3.63) is 35.7 Å². The summed E-state index contributed by atoms with van der Waals surface area (Å²) >= 11 is 1.48. The predicted octanol–water partition coefficient (Wildman–Crippen LogP) is 2.57. The molecule has 0 radical (unpaired) electrons. The number of nitrogens with zero attached hydrogens (tertiary/aromatic N) is 2. The van der Waals surface area contributed by atoms with Gasteiger partial charge < -0.3 is 14.9 Å². The van der Waals surface area contributed by atoms with Crippen LogP contribution in [0.5, 0.6) is 5.75 Å².